The number of benzene rings is 2. The first-order valence-electron chi connectivity index (χ1n) is 8.50. The molecule has 0 unspecified atom stereocenters. The molecule has 0 spiro atoms. The maximum Gasteiger partial charge on any atom is 0.233 e. The van der Waals surface area contributed by atoms with Gasteiger partial charge in [-0.1, -0.05) is 12.1 Å². The molecule has 0 aromatic heterocycles. The summed E-state index contributed by atoms with van der Waals surface area (Å²) in [5.41, 5.74) is 0.906. The Morgan fingerprint density at radius 1 is 1.19 bits per heavy atom. The summed E-state index contributed by atoms with van der Waals surface area (Å²) in [6, 6.07) is 12.3. The molecule has 0 atom stereocenters. The minimum Gasteiger partial charge on any atom is -0.497 e. The third-order valence-electron chi connectivity index (χ3n) is 4.32. The fourth-order valence-corrected chi connectivity index (χ4v) is 3.61. The summed E-state index contributed by atoms with van der Waals surface area (Å²) in [5.74, 6) is 1.38. The summed E-state index contributed by atoms with van der Waals surface area (Å²) >= 11 is 1.23. The van der Waals surface area contributed by atoms with Crippen molar-refractivity contribution in [2.24, 2.45) is 0 Å². The maximum absolute atomic E-state index is 13.8. The molecule has 2 aromatic rings. The van der Waals surface area contributed by atoms with Crippen LogP contribution < -0.4 is 9.47 Å². The summed E-state index contributed by atoms with van der Waals surface area (Å²) in [5, 5.41) is 0. The van der Waals surface area contributed by atoms with E-state index >= 15 is 0 Å². The Labute approximate surface area is 157 Å². The second-order valence-electron chi connectivity index (χ2n) is 6.15. The number of nitrogens with zero attached hydrogens (tertiary/aromatic N) is 1. The summed E-state index contributed by atoms with van der Waals surface area (Å²) in [6.45, 7) is 0.460. The Bertz CT molecular complexity index is 779. The van der Waals surface area contributed by atoms with E-state index in [4.69, 9.17) is 9.47 Å². The van der Waals surface area contributed by atoms with Crippen LogP contribution in [0.5, 0.6) is 11.5 Å². The van der Waals surface area contributed by atoms with E-state index in [-0.39, 0.29) is 23.5 Å². The van der Waals surface area contributed by atoms with Gasteiger partial charge in [0.15, 0.2) is 0 Å². The van der Waals surface area contributed by atoms with Crippen LogP contribution in [-0.4, -0.2) is 36.8 Å². The SMILES string of the molecule is COc1ccc(OC)c(CN(C(=O)CSc2ccccc2F)C2CC2)c1. The number of rotatable bonds is 8. The third kappa shape index (κ3) is 4.49. The molecule has 138 valence electrons. The van der Waals surface area contributed by atoms with E-state index in [0.29, 0.717) is 11.4 Å². The molecule has 6 heteroatoms. The van der Waals surface area contributed by atoms with Crippen LogP contribution in [0.3, 0.4) is 0 Å². The topological polar surface area (TPSA) is 38.8 Å². The summed E-state index contributed by atoms with van der Waals surface area (Å²) in [7, 11) is 3.23. The predicted octanol–water partition coefficient (Wildman–Crippen LogP) is 4.13. The lowest BCUT2D eigenvalue weighted by Crippen LogP contribution is -2.34. The van der Waals surface area contributed by atoms with Gasteiger partial charge >= 0.3 is 0 Å². The Hall–Kier alpha value is -2.21. The summed E-state index contributed by atoms with van der Waals surface area (Å²) in [6.07, 6.45) is 2.00. The lowest BCUT2D eigenvalue weighted by Gasteiger charge is -2.24. The highest BCUT2D eigenvalue weighted by atomic mass is 32.2. The van der Waals surface area contributed by atoms with Crippen molar-refractivity contribution in [2.75, 3.05) is 20.0 Å². The molecule has 1 saturated carbocycles. The number of carbonyl (C=O) groups is 1. The van der Waals surface area contributed by atoms with Crippen molar-refractivity contribution < 1.29 is 18.7 Å². The van der Waals surface area contributed by atoms with E-state index < -0.39 is 0 Å². The molecule has 2 aromatic carbocycles. The second-order valence-corrected chi connectivity index (χ2v) is 7.17. The fraction of sp³-hybridized carbons (Fsp3) is 0.350. The zero-order valence-corrected chi connectivity index (χ0v) is 15.7. The van der Waals surface area contributed by atoms with E-state index in [1.807, 2.05) is 23.1 Å². The zero-order valence-electron chi connectivity index (χ0n) is 14.9. The Morgan fingerprint density at radius 2 is 1.96 bits per heavy atom. The van der Waals surface area contributed by atoms with Crippen LogP contribution in [0.2, 0.25) is 0 Å². The van der Waals surface area contributed by atoms with Gasteiger partial charge in [-0.15, -0.1) is 11.8 Å². The first-order chi connectivity index (χ1) is 12.6. The van der Waals surface area contributed by atoms with Gasteiger partial charge in [0, 0.05) is 23.0 Å². The van der Waals surface area contributed by atoms with Crippen molar-refractivity contribution in [1.29, 1.82) is 0 Å². The van der Waals surface area contributed by atoms with Gasteiger partial charge in [0.25, 0.3) is 0 Å². The van der Waals surface area contributed by atoms with Gasteiger partial charge in [-0.3, -0.25) is 4.79 Å². The quantitative estimate of drug-likeness (QED) is 0.651. The number of carbonyl (C=O) groups excluding carboxylic acids is 1. The number of hydrogen-bond donors (Lipinski definition) is 0. The van der Waals surface area contributed by atoms with Crippen molar-refractivity contribution in [3.05, 3.63) is 53.8 Å². The highest BCUT2D eigenvalue weighted by molar-refractivity contribution is 8.00. The van der Waals surface area contributed by atoms with Crippen molar-refractivity contribution in [2.45, 2.75) is 30.3 Å². The molecule has 1 amide bonds. The summed E-state index contributed by atoms with van der Waals surface area (Å²) < 4.78 is 24.5. The Kier molecular flexibility index (Phi) is 6.04. The average Bonchev–Trinajstić information content (AvgIpc) is 3.50. The van der Waals surface area contributed by atoms with Crippen LogP contribution >= 0.6 is 11.8 Å². The van der Waals surface area contributed by atoms with Gasteiger partial charge < -0.3 is 14.4 Å². The molecule has 26 heavy (non-hydrogen) atoms. The minimum absolute atomic E-state index is 0.00521. The van der Waals surface area contributed by atoms with E-state index in [0.717, 1.165) is 29.9 Å². The van der Waals surface area contributed by atoms with Crippen LogP contribution in [0.4, 0.5) is 4.39 Å². The summed E-state index contributed by atoms with van der Waals surface area (Å²) in [4.78, 5) is 15.1. The molecule has 0 radical (unpaired) electrons. The maximum atomic E-state index is 13.8. The molecule has 0 N–H and O–H groups in total. The van der Waals surface area contributed by atoms with Crippen LogP contribution in [0.15, 0.2) is 47.4 Å². The number of ether oxygens (including phenoxy) is 2. The number of methoxy groups -OCH3 is 2. The first-order valence-corrected chi connectivity index (χ1v) is 9.48. The highest BCUT2D eigenvalue weighted by Gasteiger charge is 2.33. The van der Waals surface area contributed by atoms with Crippen molar-refractivity contribution in [3.8, 4) is 11.5 Å². The number of hydrogen-bond acceptors (Lipinski definition) is 4. The van der Waals surface area contributed by atoms with Gasteiger partial charge in [0.1, 0.15) is 17.3 Å². The molecule has 0 saturated heterocycles. The molecular weight excluding hydrogens is 353 g/mol. The molecule has 4 nitrogen and oxygen atoms in total. The standard InChI is InChI=1S/C20H22FNO3S/c1-24-16-9-10-18(25-2)14(11-16)12-22(15-7-8-15)20(23)13-26-19-6-4-3-5-17(19)21/h3-6,9-11,15H,7-8,12-13H2,1-2H3. The monoisotopic (exact) mass is 375 g/mol. The lowest BCUT2D eigenvalue weighted by atomic mass is 10.1. The average molecular weight is 375 g/mol. The van der Waals surface area contributed by atoms with E-state index in [1.165, 1.54) is 17.8 Å². The van der Waals surface area contributed by atoms with Crippen molar-refractivity contribution >= 4 is 17.7 Å². The molecule has 1 aliphatic carbocycles. The number of amides is 1. The normalized spacial score (nSPS) is 13.3. The largest absolute Gasteiger partial charge is 0.497 e. The fourth-order valence-electron chi connectivity index (χ4n) is 2.78. The number of thioether (sulfide) groups is 1. The van der Waals surface area contributed by atoms with Crippen molar-refractivity contribution in [3.63, 3.8) is 0 Å². The van der Waals surface area contributed by atoms with Gasteiger partial charge in [-0.2, -0.15) is 0 Å². The molecule has 0 bridgehead atoms. The smallest absolute Gasteiger partial charge is 0.233 e. The third-order valence-corrected chi connectivity index (χ3v) is 5.36. The predicted molar refractivity (Wildman–Crippen MR) is 100 cm³/mol. The molecule has 1 fully saturated rings. The van der Waals surface area contributed by atoms with E-state index in [1.54, 1.807) is 32.4 Å². The molecule has 0 heterocycles. The Morgan fingerprint density at radius 3 is 2.62 bits per heavy atom. The van der Waals surface area contributed by atoms with Crippen LogP contribution in [0.1, 0.15) is 18.4 Å². The van der Waals surface area contributed by atoms with E-state index in [2.05, 4.69) is 0 Å². The van der Waals surface area contributed by atoms with Crippen LogP contribution in [-0.2, 0) is 11.3 Å². The minimum atomic E-state index is -0.294. The Balaban J connectivity index is 1.71. The molecule has 0 aliphatic heterocycles. The number of halogens is 1. The van der Waals surface area contributed by atoms with Gasteiger partial charge in [0.05, 0.1) is 20.0 Å². The second kappa shape index (κ2) is 8.45. The van der Waals surface area contributed by atoms with Gasteiger partial charge in [0.2, 0.25) is 5.91 Å². The highest BCUT2D eigenvalue weighted by Crippen LogP contribution is 2.33. The zero-order chi connectivity index (χ0) is 18.5. The van der Waals surface area contributed by atoms with E-state index in [9.17, 15) is 9.18 Å². The van der Waals surface area contributed by atoms with Crippen LogP contribution in [0.25, 0.3) is 0 Å². The molecular formula is C20H22FNO3S. The first kappa shape index (κ1) is 18.6. The van der Waals surface area contributed by atoms with Gasteiger partial charge in [-0.05, 0) is 43.2 Å². The van der Waals surface area contributed by atoms with Crippen molar-refractivity contribution in [1.82, 2.24) is 4.90 Å². The molecule has 3 rings (SSSR count). The van der Waals surface area contributed by atoms with Gasteiger partial charge in [-0.25, -0.2) is 4.39 Å². The molecule has 1 aliphatic rings. The lowest BCUT2D eigenvalue weighted by molar-refractivity contribution is -0.129. The van der Waals surface area contributed by atoms with Crippen LogP contribution in [0, 0.1) is 5.82 Å².